The number of Topliss-reactive ketones (excluding diaryl/α,β-unsaturated/α-hetero) is 1. The largest absolute Gasteiger partial charge is 0.489 e. The van der Waals surface area contributed by atoms with E-state index in [9.17, 15) is 14.9 Å². The zero-order valence-corrected chi connectivity index (χ0v) is 12.0. The molecule has 0 aliphatic carbocycles. The molecule has 0 N–H and O–H groups in total. The molecule has 0 heterocycles. The van der Waals surface area contributed by atoms with Crippen LogP contribution in [0.4, 0.5) is 5.69 Å². The van der Waals surface area contributed by atoms with Gasteiger partial charge in [0.2, 0.25) is 0 Å². The normalized spacial score (nSPS) is 10.2. The summed E-state index contributed by atoms with van der Waals surface area (Å²) in [4.78, 5) is 21.7. The van der Waals surface area contributed by atoms with Crippen LogP contribution in [0.3, 0.4) is 0 Å². The van der Waals surface area contributed by atoms with Crippen LogP contribution in [0.1, 0.15) is 22.8 Å². The number of nitro groups is 1. The molecule has 5 nitrogen and oxygen atoms in total. The molecule has 0 fully saturated rings. The van der Waals surface area contributed by atoms with Gasteiger partial charge in [0, 0.05) is 5.02 Å². The zero-order chi connectivity index (χ0) is 15.4. The Kier molecular flexibility index (Phi) is 4.55. The van der Waals surface area contributed by atoms with Crippen molar-refractivity contribution in [2.24, 2.45) is 0 Å². The van der Waals surface area contributed by atoms with Gasteiger partial charge in [0.15, 0.2) is 5.78 Å². The van der Waals surface area contributed by atoms with E-state index in [0.717, 1.165) is 5.56 Å². The molecule has 0 aliphatic rings. The Balaban J connectivity index is 2.17. The van der Waals surface area contributed by atoms with Crippen LogP contribution in [0.5, 0.6) is 5.75 Å². The fourth-order valence-electron chi connectivity index (χ4n) is 1.80. The molecular weight excluding hydrogens is 294 g/mol. The fourth-order valence-corrected chi connectivity index (χ4v) is 1.92. The van der Waals surface area contributed by atoms with Gasteiger partial charge in [-0.1, -0.05) is 23.7 Å². The Morgan fingerprint density at radius 2 is 1.90 bits per heavy atom. The molecule has 0 aliphatic heterocycles. The maximum absolute atomic E-state index is 11.3. The molecule has 0 bridgehead atoms. The van der Waals surface area contributed by atoms with Crippen molar-refractivity contribution in [2.45, 2.75) is 13.5 Å². The summed E-state index contributed by atoms with van der Waals surface area (Å²) in [6.07, 6.45) is 0. The molecular formula is C15H12ClNO4. The Labute approximate surface area is 126 Å². The molecule has 0 aromatic heterocycles. The second-order valence-corrected chi connectivity index (χ2v) is 4.84. The molecule has 0 atom stereocenters. The van der Waals surface area contributed by atoms with Crippen molar-refractivity contribution in [3.05, 3.63) is 68.7 Å². The Morgan fingerprint density at radius 3 is 2.48 bits per heavy atom. The quantitative estimate of drug-likeness (QED) is 0.475. The Hall–Kier alpha value is -2.40. The maximum Gasteiger partial charge on any atom is 0.283 e. The summed E-state index contributed by atoms with van der Waals surface area (Å²) in [6.45, 7) is 1.55. The van der Waals surface area contributed by atoms with E-state index in [4.69, 9.17) is 16.3 Å². The minimum atomic E-state index is -0.591. The van der Waals surface area contributed by atoms with Crippen molar-refractivity contribution < 1.29 is 14.5 Å². The monoisotopic (exact) mass is 305 g/mol. The van der Waals surface area contributed by atoms with Crippen molar-refractivity contribution >= 4 is 23.1 Å². The lowest BCUT2D eigenvalue weighted by atomic mass is 10.1. The van der Waals surface area contributed by atoms with Crippen molar-refractivity contribution in [3.63, 3.8) is 0 Å². The molecule has 2 rings (SSSR count). The molecule has 2 aromatic carbocycles. The molecule has 2 aromatic rings. The number of halogens is 1. The minimum Gasteiger partial charge on any atom is -0.489 e. The van der Waals surface area contributed by atoms with E-state index in [1.807, 2.05) is 0 Å². The van der Waals surface area contributed by atoms with Gasteiger partial charge in [-0.25, -0.2) is 0 Å². The van der Waals surface area contributed by atoms with E-state index in [0.29, 0.717) is 10.8 Å². The van der Waals surface area contributed by atoms with Gasteiger partial charge in [-0.3, -0.25) is 14.9 Å². The topological polar surface area (TPSA) is 69.4 Å². The van der Waals surface area contributed by atoms with Gasteiger partial charge in [0.05, 0.1) is 16.6 Å². The van der Waals surface area contributed by atoms with Crippen LogP contribution in [0, 0.1) is 10.1 Å². The first-order chi connectivity index (χ1) is 9.97. The SMILES string of the molecule is CC(=O)c1ccc(OCc2ccc(Cl)cc2)cc1[N+](=O)[O-]. The lowest BCUT2D eigenvalue weighted by Crippen LogP contribution is -2.02. The second-order valence-electron chi connectivity index (χ2n) is 4.41. The summed E-state index contributed by atoms with van der Waals surface area (Å²) in [5.41, 5.74) is 0.702. The predicted octanol–water partition coefficient (Wildman–Crippen LogP) is 4.03. The molecule has 108 valence electrons. The number of ether oxygens (including phenoxy) is 1. The van der Waals surface area contributed by atoms with Crippen LogP contribution >= 0.6 is 11.6 Å². The third kappa shape index (κ3) is 3.79. The van der Waals surface area contributed by atoms with Crippen molar-refractivity contribution in [3.8, 4) is 5.75 Å². The Morgan fingerprint density at radius 1 is 1.24 bits per heavy atom. The number of carbonyl (C=O) groups excluding carboxylic acids is 1. The van der Waals surface area contributed by atoms with Crippen LogP contribution in [-0.4, -0.2) is 10.7 Å². The highest BCUT2D eigenvalue weighted by Gasteiger charge is 2.18. The number of carbonyl (C=O) groups is 1. The van der Waals surface area contributed by atoms with Gasteiger partial charge in [0.25, 0.3) is 5.69 Å². The van der Waals surface area contributed by atoms with Gasteiger partial charge in [0.1, 0.15) is 12.4 Å². The number of rotatable bonds is 5. The van der Waals surface area contributed by atoms with Crippen molar-refractivity contribution in [2.75, 3.05) is 0 Å². The molecule has 0 radical (unpaired) electrons. The third-order valence-corrected chi connectivity index (χ3v) is 3.12. The average molecular weight is 306 g/mol. The highest BCUT2D eigenvalue weighted by atomic mass is 35.5. The standard InChI is InChI=1S/C15H12ClNO4/c1-10(18)14-7-6-13(8-15(14)17(19)20)21-9-11-2-4-12(16)5-3-11/h2-8H,9H2,1H3. The zero-order valence-electron chi connectivity index (χ0n) is 11.2. The third-order valence-electron chi connectivity index (χ3n) is 2.86. The van der Waals surface area contributed by atoms with E-state index in [-0.39, 0.29) is 23.6 Å². The lowest BCUT2D eigenvalue weighted by Gasteiger charge is -2.07. The van der Waals surface area contributed by atoms with Gasteiger partial charge in [-0.05, 0) is 36.8 Å². The van der Waals surface area contributed by atoms with E-state index in [2.05, 4.69) is 0 Å². The summed E-state index contributed by atoms with van der Waals surface area (Å²) in [6, 6.07) is 11.3. The average Bonchev–Trinajstić information content (AvgIpc) is 2.46. The Bertz CT molecular complexity index is 683. The van der Waals surface area contributed by atoms with Crippen LogP contribution < -0.4 is 4.74 Å². The smallest absolute Gasteiger partial charge is 0.283 e. The summed E-state index contributed by atoms with van der Waals surface area (Å²) in [7, 11) is 0. The number of hydrogen-bond acceptors (Lipinski definition) is 4. The number of ketones is 1. The first-order valence-corrected chi connectivity index (χ1v) is 6.52. The lowest BCUT2D eigenvalue weighted by molar-refractivity contribution is -0.385. The molecule has 0 spiro atoms. The molecule has 0 saturated heterocycles. The molecule has 0 amide bonds. The molecule has 0 unspecified atom stereocenters. The van der Waals surface area contributed by atoms with Gasteiger partial charge in [-0.15, -0.1) is 0 Å². The van der Waals surface area contributed by atoms with E-state index in [1.54, 1.807) is 30.3 Å². The second kappa shape index (κ2) is 6.37. The van der Waals surface area contributed by atoms with Crippen molar-refractivity contribution in [1.82, 2.24) is 0 Å². The van der Waals surface area contributed by atoms with E-state index >= 15 is 0 Å². The van der Waals surface area contributed by atoms with Gasteiger partial charge in [-0.2, -0.15) is 0 Å². The van der Waals surface area contributed by atoms with E-state index < -0.39 is 4.92 Å². The predicted molar refractivity (Wildman–Crippen MR) is 78.9 cm³/mol. The number of benzene rings is 2. The first kappa shape index (κ1) is 15.0. The van der Waals surface area contributed by atoms with Crippen molar-refractivity contribution in [1.29, 1.82) is 0 Å². The van der Waals surface area contributed by atoms with E-state index in [1.165, 1.54) is 19.1 Å². The highest BCUT2D eigenvalue weighted by Crippen LogP contribution is 2.25. The van der Waals surface area contributed by atoms with Crippen LogP contribution in [-0.2, 0) is 6.61 Å². The van der Waals surface area contributed by atoms with Crippen LogP contribution in [0.25, 0.3) is 0 Å². The minimum absolute atomic E-state index is 0.0684. The van der Waals surface area contributed by atoms with Crippen LogP contribution in [0.15, 0.2) is 42.5 Å². The molecule has 0 saturated carbocycles. The summed E-state index contributed by atoms with van der Waals surface area (Å²) in [5.74, 6) is -0.0207. The summed E-state index contributed by atoms with van der Waals surface area (Å²) >= 11 is 5.78. The molecule has 21 heavy (non-hydrogen) atoms. The summed E-state index contributed by atoms with van der Waals surface area (Å²) < 4.78 is 5.50. The fraction of sp³-hybridized carbons (Fsp3) is 0.133. The maximum atomic E-state index is 11.3. The summed E-state index contributed by atoms with van der Waals surface area (Å²) in [5, 5.41) is 11.6. The molecule has 6 heteroatoms. The van der Waals surface area contributed by atoms with Crippen LogP contribution in [0.2, 0.25) is 5.02 Å². The van der Waals surface area contributed by atoms with Gasteiger partial charge >= 0.3 is 0 Å². The number of hydrogen-bond donors (Lipinski definition) is 0. The first-order valence-electron chi connectivity index (χ1n) is 6.14. The van der Waals surface area contributed by atoms with Gasteiger partial charge < -0.3 is 4.74 Å². The highest BCUT2D eigenvalue weighted by molar-refractivity contribution is 6.30. The number of nitro benzene ring substituents is 1. The number of nitrogens with zero attached hydrogens (tertiary/aromatic N) is 1.